The predicted octanol–water partition coefficient (Wildman–Crippen LogP) is 1.37. The number of nitrogens with zero attached hydrogens (tertiary/aromatic N) is 2. The van der Waals surface area contributed by atoms with Crippen LogP contribution < -0.4 is 16.6 Å². The maximum absolute atomic E-state index is 5.51. The average molecular weight is 261 g/mol. The molecule has 0 aromatic carbocycles. The standard InChI is InChI=1S/C14H23N5/c15-19-14(18-13-7-2-1-3-8-13)17-11-9-12-6-4-5-10-16-12/h4-6,10,13H,1-3,7-9,11,15H2,(H2,17,18,19). The van der Waals surface area contributed by atoms with Crippen LogP contribution in [0.4, 0.5) is 0 Å². The topological polar surface area (TPSA) is 75.3 Å². The molecule has 1 aliphatic rings. The van der Waals surface area contributed by atoms with Gasteiger partial charge >= 0.3 is 0 Å². The zero-order chi connectivity index (χ0) is 13.3. The summed E-state index contributed by atoms with van der Waals surface area (Å²) in [7, 11) is 0. The maximum atomic E-state index is 5.51. The zero-order valence-corrected chi connectivity index (χ0v) is 11.3. The Morgan fingerprint density at radius 2 is 2.16 bits per heavy atom. The number of hydrazine groups is 1. The largest absolute Gasteiger partial charge is 0.353 e. The quantitative estimate of drug-likeness (QED) is 0.331. The Kier molecular flexibility index (Phi) is 5.62. The van der Waals surface area contributed by atoms with Crippen LogP contribution in [-0.2, 0) is 6.42 Å². The molecule has 1 aliphatic carbocycles. The van der Waals surface area contributed by atoms with Crippen molar-refractivity contribution in [1.29, 1.82) is 0 Å². The van der Waals surface area contributed by atoms with E-state index >= 15 is 0 Å². The molecule has 4 N–H and O–H groups in total. The van der Waals surface area contributed by atoms with Crippen LogP contribution in [0.5, 0.6) is 0 Å². The lowest BCUT2D eigenvalue weighted by molar-refractivity contribution is 0.410. The zero-order valence-electron chi connectivity index (χ0n) is 11.3. The highest BCUT2D eigenvalue weighted by atomic mass is 15.3. The number of pyridine rings is 1. The highest BCUT2D eigenvalue weighted by Gasteiger charge is 2.13. The fourth-order valence-electron chi connectivity index (χ4n) is 2.40. The normalized spacial score (nSPS) is 17.2. The third-order valence-corrected chi connectivity index (χ3v) is 3.45. The summed E-state index contributed by atoms with van der Waals surface area (Å²) in [5.74, 6) is 6.21. The van der Waals surface area contributed by atoms with Gasteiger partial charge in [-0.25, -0.2) is 5.84 Å². The minimum Gasteiger partial charge on any atom is -0.353 e. The fourth-order valence-corrected chi connectivity index (χ4v) is 2.40. The molecular formula is C14H23N5. The van der Waals surface area contributed by atoms with Gasteiger partial charge in [0.2, 0.25) is 5.96 Å². The van der Waals surface area contributed by atoms with Gasteiger partial charge in [-0.3, -0.25) is 15.4 Å². The molecular weight excluding hydrogens is 238 g/mol. The van der Waals surface area contributed by atoms with Crippen LogP contribution in [-0.4, -0.2) is 23.5 Å². The first kappa shape index (κ1) is 13.8. The second kappa shape index (κ2) is 7.74. The monoisotopic (exact) mass is 261 g/mol. The number of nitrogens with two attached hydrogens (primary N) is 1. The number of nitrogens with one attached hydrogen (secondary N) is 2. The van der Waals surface area contributed by atoms with E-state index in [1.165, 1.54) is 32.1 Å². The van der Waals surface area contributed by atoms with Crippen molar-refractivity contribution in [3.63, 3.8) is 0 Å². The molecule has 5 nitrogen and oxygen atoms in total. The number of hydrogen-bond acceptors (Lipinski definition) is 3. The second-order valence-corrected chi connectivity index (χ2v) is 4.93. The van der Waals surface area contributed by atoms with E-state index in [1.54, 1.807) is 6.20 Å². The number of aliphatic imine (C=N–C) groups is 1. The third-order valence-electron chi connectivity index (χ3n) is 3.45. The average Bonchev–Trinajstić information content (AvgIpc) is 2.48. The van der Waals surface area contributed by atoms with Crippen molar-refractivity contribution in [2.24, 2.45) is 10.8 Å². The van der Waals surface area contributed by atoms with Gasteiger partial charge in [0.15, 0.2) is 0 Å². The van der Waals surface area contributed by atoms with Gasteiger partial charge < -0.3 is 5.32 Å². The Labute approximate surface area is 114 Å². The Hall–Kier alpha value is -1.62. The Balaban J connectivity index is 1.78. The first-order valence-corrected chi connectivity index (χ1v) is 7.06. The van der Waals surface area contributed by atoms with Gasteiger partial charge in [0, 0.05) is 30.9 Å². The molecule has 0 amide bonds. The number of rotatable bonds is 4. The molecule has 5 heteroatoms. The highest BCUT2D eigenvalue weighted by molar-refractivity contribution is 5.79. The summed E-state index contributed by atoms with van der Waals surface area (Å²) < 4.78 is 0. The Morgan fingerprint density at radius 3 is 2.84 bits per heavy atom. The molecule has 1 fully saturated rings. The van der Waals surface area contributed by atoms with E-state index in [1.807, 2.05) is 18.2 Å². The van der Waals surface area contributed by atoms with Gasteiger partial charge in [0.1, 0.15) is 0 Å². The lowest BCUT2D eigenvalue weighted by Gasteiger charge is -2.24. The van der Waals surface area contributed by atoms with Crippen LogP contribution in [0, 0.1) is 0 Å². The van der Waals surface area contributed by atoms with Crippen molar-refractivity contribution >= 4 is 5.96 Å². The summed E-state index contributed by atoms with van der Waals surface area (Å²) in [5.41, 5.74) is 3.71. The molecule has 0 spiro atoms. The minimum absolute atomic E-state index is 0.512. The smallest absolute Gasteiger partial charge is 0.205 e. The van der Waals surface area contributed by atoms with Gasteiger partial charge in [-0.05, 0) is 25.0 Å². The van der Waals surface area contributed by atoms with Crippen LogP contribution in [0.3, 0.4) is 0 Å². The molecule has 1 heterocycles. The molecule has 1 saturated carbocycles. The summed E-state index contributed by atoms with van der Waals surface area (Å²) in [6, 6.07) is 6.44. The van der Waals surface area contributed by atoms with Crippen molar-refractivity contribution in [3.8, 4) is 0 Å². The third kappa shape index (κ3) is 4.87. The molecule has 0 unspecified atom stereocenters. The molecule has 0 aliphatic heterocycles. The number of hydrogen-bond donors (Lipinski definition) is 3. The van der Waals surface area contributed by atoms with Crippen LogP contribution in [0.25, 0.3) is 0 Å². The molecule has 1 aromatic rings. The number of guanidine groups is 1. The van der Waals surface area contributed by atoms with E-state index in [0.717, 1.165) is 12.1 Å². The van der Waals surface area contributed by atoms with Crippen molar-refractivity contribution in [2.45, 2.75) is 44.6 Å². The lowest BCUT2D eigenvalue weighted by Crippen LogP contribution is -2.47. The summed E-state index contributed by atoms with van der Waals surface area (Å²) in [4.78, 5) is 8.74. The number of aromatic nitrogens is 1. The lowest BCUT2D eigenvalue weighted by atomic mass is 9.96. The molecule has 0 bridgehead atoms. The summed E-state index contributed by atoms with van der Waals surface area (Å²) >= 11 is 0. The highest BCUT2D eigenvalue weighted by Crippen LogP contribution is 2.17. The van der Waals surface area contributed by atoms with Crippen molar-refractivity contribution < 1.29 is 0 Å². The molecule has 0 atom stereocenters. The van der Waals surface area contributed by atoms with E-state index in [4.69, 9.17) is 5.84 Å². The van der Waals surface area contributed by atoms with Crippen molar-refractivity contribution in [1.82, 2.24) is 15.7 Å². The Bertz CT molecular complexity index is 384. The summed E-state index contributed by atoms with van der Waals surface area (Å²) in [5, 5.41) is 3.39. The van der Waals surface area contributed by atoms with Gasteiger partial charge in [0.25, 0.3) is 0 Å². The molecule has 0 radical (unpaired) electrons. The van der Waals surface area contributed by atoms with Crippen LogP contribution in [0.15, 0.2) is 29.4 Å². The second-order valence-electron chi connectivity index (χ2n) is 4.93. The van der Waals surface area contributed by atoms with Gasteiger partial charge in [0.05, 0.1) is 0 Å². The maximum Gasteiger partial charge on any atom is 0.205 e. The van der Waals surface area contributed by atoms with Crippen molar-refractivity contribution in [3.05, 3.63) is 30.1 Å². The minimum atomic E-state index is 0.512. The van der Waals surface area contributed by atoms with Gasteiger partial charge in [-0.15, -0.1) is 0 Å². The fraction of sp³-hybridized carbons (Fsp3) is 0.571. The van der Waals surface area contributed by atoms with Crippen molar-refractivity contribution in [2.75, 3.05) is 6.54 Å². The first-order chi connectivity index (χ1) is 9.38. The van der Waals surface area contributed by atoms with Gasteiger partial charge in [-0.2, -0.15) is 0 Å². The molecule has 1 aromatic heterocycles. The van der Waals surface area contributed by atoms with E-state index in [9.17, 15) is 0 Å². The van der Waals surface area contributed by atoms with E-state index in [2.05, 4.69) is 20.7 Å². The summed E-state index contributed by atoms with van der Waals surface area (Å²) in [6.07, 6.45) is 9.00. The van der Waals surface area contributed by atoms with Crippen LogP contribution >= 0.6 is 0 Å². The first-order valence-electron chi connectivity index (χ1n) is 7.06. The molecule has 2 rings (SSSR count). The van der Waals surface area contributed by atoms with Gasteiger partial charge in [-0.1, -0.05) is 25.3 Å². The molecule has 104 valence electrons. The predicted molar refractivity (Wildman–Crippen MR) is 77.6 cm³/mol. The Morgan fingerprint density at radius 1 is 1.32 bits per heavy atom. The SMILES string of the molecule is NNC(=NCCc1ccccn1)NC1CCCCC1. The van der Waals surface area contributed by atoms with Crippen LogP contribution in [0.1, 0.15) is 37.8 Å². The van der Waals surface area contributed by atoms with Crippen LogP contribution in [0.2, 0.25) is 0 Å². The molecule has 0 saturated heterocycles. The summed E-state index contributed by atoms with van der Waals surface area (Å²) in [6.45, 7) is 0.691. The molecule has 19 heavy (non-hydrogen) atoms. The van der Waals surface area contributed by atoms with E-state index in [0.29, 0.717) is 18.5 Å². The van der Waals surface area contributed by atoms with E-state index < -0.39 is 0 Å². The van der Waals surface area contributed by atoms with E-state index in [-0.39, 0.29) is 0 Å².